The number of hydrogen-bond donors (Lipinski definition) is 1. The van der Waals surface area contributed by atoms with Crippen LogP contribution in [0.3, 0.4) is 0 Å². The third-order valence-electron chi connectivity index (χ3n) is 4.20. The fourth-order valence-corrected chi connectivity index (χ4v) is 2.76. The summed E-state index contributed by atoms with van der Waals surface area (Å²) >= 11 is 0. The van der Waals surface area contributed by atoms with Gasteiger partial charge in [-0.1, -0.05) is 30.3 Å². The molecule has 0 radical (unpaired) electrons. The molecule has 0 unspecified atom stereocenters. The lowest BCUT2D eigenvalue weighted by atomic mass is 9.85. The molecule has 2 rings (SSSR count). The van der Waals surface area contributed by atoms with E-state index in [-0.39, 0.29) is 24.5 Å². The van der Waals surface area contributed by atoms with Crippen molar-refractivity contribution in [2.24, 2.45) is 5.92 Å². The minimum Gasteiger partial charge on any atom is -0.445 e. The fraction of sp³-hybridized carbons (Fsp3) is 0.529. The van der Waals surface area contributed by atoms with Crippen LogP contribution in [-0.4, -0.2) is 37.3 Å². The van der Waals surface area contributed by atoms with Crippen molar-refractivity contribution in [1.82, 2.24) is 10.4 Å². The van der Waals surface area contributed by atoms with Gasteiger partial charge in [-0.2, -0.15) is 0 Å². The normalized spacial score (nSPS) is 20.6. The molecular weight excluding hydrogens is 296 g/mol. The Bertz CT molecular complexity index is 513. The van der Waals surface area contributed by atoms with Crippen LogP contribution < -0.4 is 5.32 Å². The second-order valence-corrected chi connectivity index (χ2v) is 5.77. The first-order chi connectivity index (χ1) is 11.1. The van der Waals surface area contributed by atoms with Gasteiger partial charge in [0.15, 0.2) is 0 Å². The number of nitrogens with one attached hydrogen (secondary N) is 1. The van der Waals surface area contributed by atoms with Crippen molar-refractivity contribution in [3.8, 4) is 0 Å². The fourth-order valence-electron chi connectivity index (χ4n) is 2.76. The molecule has 0 bridgehead atoms. The van der Waals surface area contributed by atoms with Crippen LogP contribution in [0.15, 0.2) is 30.3 Å². The van der Waals surface area contributed by atoms with E-state index in [2.05, 4.69) is 5.32 Å². The van der Waals surface area contributed by atoms with Crippen LogP contribution in [0.4, 0.5) is 4.79 Å². The van der Waals surface area contributed by atoms with Crippen molar-refractivity contribution in [3.05, 3.63) is 35.9 Å². The molecule has 1 aliphatic carbocycles. The Morgan fingerprint density at radius 2 is 1.83 bits per heavy atom. The number of nitrogens with zero attached hydrogens (tertiary/aromatic N) is 1. The zero-order valence-corrected chi connectivity index (χ0v) is 13.7. The predicted octanol–water partition coefficient (Wildman–Crippen LogP) is 2.49. The summed E-state index contributed by atoms with van der Waals surface area (Å²) in [5.74, 6) is -0.0315. The first kappa shape index (κ1) is 17.3. The molecule has 6 heteroatoms. The lowest BCUT2D eigenvalue weighted by molar-refractivity contribution is -0.174. The predicted molar refractivity (Wildman–Crippen MR) is 85.3 cm³/mol. The Balaban J connectivity index is 1.69. The summed E-state index contributed by atoms with van der Waals surface area (Å²) in [6.07, 6.45) is 2.63. The average molecular weight is 320 g/mol. The zero-order valence-electron chi connectivity index (χ0n) is 13.7. The maximum Gasteiger partial charge on any atom is 0.407 e. The topological polar surface area (TPSA) is 67.9 Å². The zero-order chi connectivity index (χ0) is 16.7. The average Bonchev–Trinajstić information content (AvgIpc) is 2.60. The van der Waals surface area contributed by atoms with E-state index in [4.69, 9.17) is 9.57 Å². The van der Waals surface area contributed by atoms with Crippen LogP contribution in [0.2, 0.25) is 0 Å². The molecule has 0 aliphatic heterocycles. The van der Waals surface area contributed by atoms with Gasteiger partial charge in [0.1, 0.15) is 6.61 Å². The molecule has 0 heterocycles. The number of hydroxylamine groups is 2. The van der Waals surface area contributed by atoms with Crippen LogP contribution in [0, 0.1) is 5.92 Å². The lowest BCUT2D eigenvalue weighted by Crippen LogP contribution is -2.41. The highest BCUT2D eigenvalue weighted by atomic mass is 16.7. The van der Waals surface area contributed by atoms with Gasteiger partial charge in [0, 0.05) is 19.0 Å². The Morgan fingerprint density at radius 3 is 2.43 bits per heavy atom. The van der Waals surface area contributed by atoms with E-state index in [1.54, 1.807) is 7.05 Å². The van der Waals surface area contributed by atoms with Crippen molar-refractivity contribution in [1.29, 1.82) is 0 Å². The monoisotopic (exact) mass is 320 g/mol. The van der Waals surface area contributed by atoms with E-state index < -0.39 is 6.09 Å². The molecule has 1 aliphatic rings. The standard InChI is InChI=1S/C17H24N2O4/c1-19(22-2)16(20)14-8-10-15(11-9-14)18-17(21)23-12-13-6-4-3-5-7-13/h3-7,14-15H,8-12H2,1-2H3,(H,18,21)/t14-,15+. The number of rotatable bonds is 5. The minimum atomic E-state index is -0.405. The van der Waals surface area contributed by atoms with Gasteiger partial charge in [-0.15, -0.1) is 0 Å². The Hall–Kier alpha value is -2.08. The second-order valence-electron chi connectivity index (χ2n) is 5.77. The molecule has 23 heavy (non-hydrogen) atoms. The summed E-state index contributed by atoms with van der Waals surface area (Å²) in [7, 11) is 3.10. The van der Waals surface area contributed by atoms with Crippen LogP contribution in [0.1, 0.15) is 31.2 Å². The second kappa shape index (κ2) is 8.53. The van der Waals surface area contributed by atoms with Crippen molar-refractivity contribution in [2.45, 2.75) is 38.3 Å². The van der Waals surface area contributed by atoms with Crippen molar-refractivity contribution in [3.63, 3.8) is 0 Å². The molecule has 0 aromatic heterocycles. The van der Waals surface area contributed by atoms with E-state index in [1.165, 1.54) is 12.2 Å². The molecule has 1 saturated carbocycles. The molecule has 126 valence electrons. The number of alkyl carbamates (subject to hydrolysis) is 1. The highest BCUT2D eigenvalue weighted by molar-refractivity contribution is 5.77. The molecule has 1 fully saturated rings. The first-order valence-electron chi connectivity index (χ1n) is 7.89. The summed E-state index contributed by atoms with van der Waals surface area (Å²) in [4.78, 5) is 28.8. The summed E-state index contributed by atoms with van der Waals surface area (Å²) in [6.45, 7) is 0.263. The van der Waals surface area contributed by atoms with Crippen LogP contribution in [0.25, 0.3) is 0 Å². The number of amides is 2. The Labute approximate surface area is 136 Å². The van der Waals surface area contributed by atoms with Crippen LogP contribution in [0.5, 0.6) is 0 Å². The van der Waals surface area contributed by atoms with Gasteiger partial charge in [-0.05, 0) is 31.2 Å². The molecule has 1 N–H and O–H groups in total. The minimum absolute atomic E-state index is 0.00222. The van der Waals surface area contributed by atoms with Gasteiger partial charge >= 0.3 is 6.09 Å². The van der Waals surface area contributed by atoms with E-state index in [0.717, 1.165) is 31.2 Å². The van der Waals surface area contributed by atoms with Gasteiger partial charge in [0.25, 0.3) is 0 Å². The number of ether oxygens (including phenoxy) is 1. The van der Waals surface area contributed by atoms with Crippen molar-refractivity contribution < 1.29 is 19.2 Å². The molecule has 2 amide bonds. The van der Waals surface area contributed by atoms with E-state index >= 15 is 0 Å². The van der Waals surface area contributed by atoms with Gasteiger partial charge < -0.3 is 10.1 Å². The lowest BCUT2D eigenvalue weighted by Gasteiger charge is -2.29. The van der Waals surface area contributed by atoms with Crippen LogP contribution >= 0.6 is 0 Å². The van der Waals surface area contributed by atoms with Gasteiger partial charge in [-0.25, -0.2) is 9.86 Å². The smallest absolute Gasteiger partial charge is 0.407 e. The van der Waals surface area contributed by atoms with Gasteiger partial charge in [0.05, 0.1) is 7.11 Å². The number of hydrogen-bond acceptors (Lipinski definition) is 4. The van der Waals surface area contributed by atoms with Gasteiger partial charge in [0.2, 0.25) is 5.91 Å². The molecule has 1 aromatic carbocycles. The molecular formula is C17H24N2O4. The van der Waals surface area contributed by atoms with Crippen molar-refractivity contribution in [2.75, 3.05) is 14.2 Å². The summed E-state index contributed by atoms with van der Waals surface area (Å²) < 4.78 is 5.22. The molecule has 0 spiro atoms. The van der Waals surface area contributed by atoms with E-state index in [1.807, 2.05) is 30.3 Å². The molecule has 0 saturated heterocycles. The molecule has 6 nitrogen and oxygen atoms in total. The first-order valence-corrected chi connectivity index (χ1v) is 7.89. The highest BCUT2D eigenvalue weighted by Crippen LogP contribution is 2.25. The van der Waals surface area contributed by atoms with Gasteiger partial charge in [-0.3, -0.25) is 9.63 Å². The maximum atomic E-state index is 12.0. The summed E-state index contributed by atoms with van der Waals surface area (Å²) in [5.41, 5.74) is 0.958. The molecule has 0 atom stereocenters. The Kier molecular flexibility index (Phi) is 6.40. The number of carbonyl (C=O) groups is 2. The molecule has 1 aromatic rings. The number of carbonyl (C=O) groups excluding carboxylic acids is 2. The largest absolute Gasteiger partial charge is 0.445 e. The highest BCUT2D eigenvalue weighted by Gasteiger charge is 2.29. The van der Waals surface area contributed by atoms with E-state index in [9.17, 15) is 9.59 Å². The maximum absolute atomic E-state index is 12.0. The summed E-state index contributed by atoms with van der Waals surface area (Å²) in [6, 6.07) is 9.63. The SMILES string of the molecule is CON(C)C(=O)[C@H]1CC[C@@H](NC(=O)OCc2ccccc2)CC1. The van der Waals surface area contributed by atoms with Crippen LogP contribution in [-0.2, 0) is 21.0 Å². The quantitative estimate of drug-likeness (QED) is 0.846. The number of benzene rings is 1. The summed E-state index contributed by atoms with van der Waals surface area (Å²) in [5, 5.41) is 4.14. The third kappa shape index (κ3) is 5.25. The van der Waals surface area contributed by atoms with Crippen molar-refractivity contribution >= 4 is 12.0 Å². The third-order valence-corrected chi connectivity index (χ3v) is 4.20. The van der Waals surface area contributed by atoms with E-state index in [0.29, 0.717) is 0 Å². The Morgan fingerprint density at radius 1 is 1.17 bits per heavy atom.